The molecule has 1 saturated carbocycles. The Labute approximate surface area is 136 Å². The molecule has 2 aliphatic rings. The molecule has 0 radical (unpaired) electrons. The topological polar surface area (TPSA) is 37.2 Å². The standard InChI is InChI=1S/C18H23N3O2/c1-19(12-14-2-3-14)17-7-6-16-5-4-15(13-21(16)17)18(22)20-8-10-23-11-9-20/h4-7,13-14H,2-3,8-12H2,1H3. The van der Waals surface area contributed by atoms with Crippen LogP contribution in [0.3, 0.4) is 0 Å². The highest BCUT2D eigenvalue weighted by atomic mass is 16.5. The molecule has 23 heavy (non-hydrogen) atoms. The van der Waals surface area contributed by atoms with E-state index < -0.39 is 0 Å². The number of amides is 1. The van der Waals surface area contributed by atoms with Crippen LogP contribution in [0.15, 0.2) is 30.5 Å². The largest absolute Gasteiger partial charge is 0.378 e. The monoisotopic (exact) mass is 313 g/mol. The van der Waals surface area contributed by atoms with E-state index in [9.17, 15) is 4.79 Å². The zero-order chi connectivity index (χ0) is 15.8. The van der Waals surface area contributed by atoms with Crippen molar-refractivity contribution in [3.05, 3.63) is 36.0 Å². The third-order valence-electron chi connectivity index (χ3n) is 4.80. The molecule has 5 nitrogen and oxygen atoms in total. The number of carbonyl (C=O) groups excluding carboxylic acids is 1. The predicted molar refractivity (Wildman–Crippen MR) is 90.1 cm³/mol. The Morgan fingerprint density at radius 1 is 1.22 bits per heavy atom. The number of pyridine rings is 1. The first-order chi connectivity index (χ1) is 11.2. The van der Waals surface area contributed by atoms with Gasteiger partial charge in [-0.2, -0.15) is 0 Å². The van der Waals surface area contributed by atoms with Crippen LogP contribution in [0, 0.1) is 5.92 Å². The zero-order valence-electron chi connectivity index (χ0n) is 13.6. The van der Waals surface area contributed by atoms with Crippen molar-refractivity contribution < 1.29 is 9.53 Å². The van der Waals surface area contributed by atoms with E-state index in [1.54, 1.807) is 0 Å². The van der Waals surface area contributed by atoms with Gasteiger partial charge in [-0.05, 0) is 43.0 Å². The number of hydrogen-bond donors (Lipinski definition) is 0. The molecule has 3 heterocycles. The van der Waals surface area contributed by atoms with Crippen molar-refractivity contribution in [3.8, 4) is 0 Å². The molecular formula is C18H23N3O2. The minimum absolute atomic E-state index is 0.0969. The second-order valence-electron chi connectivity index (χ2n) is 6.63. The van der Waals surface area contributed by atoms with E-state index in [1.165, 1.54) is 12.8 Å². The second-order valence-corrected chi connectivity index (χ2v) is 6.63. The number of hydrogen-bond acceptors (Lipinski definition) is 3. The molecule has 5 heteroatoms. The van der Waals surface area contributed by atoms with E-state index >= 15 is 0 Å². The Hall–Kier alpha value is -2.01. The quantitative estimate of drug-likeness (QED) is 0.869. The minimum Gasteiger partial charge on any atom is -0.378 e. The lowest BCUT2D eigenvalue weighted by molar-refractivity contribution is 0.0302. The fourth-order valence-electron chi connectivity index (χ4n) is 3.25. The van der Waals surface area contributed by atoms with Crippen LogP contribution in [0.2, 0.25) is 0 Å². The molecule has 2 fully saturated rings. The van der Waals surface area contributed by atoms with Crippen molar-refractivity contribution >= 4 is 17.2 Å². The number of anilines is 1. The molecule has 0 atom stereocenters. The van der Waals surface area contributed by atoms with Crippen LogP contribution in [-0.2, 0) is 4.74 Å². The molecule has 0 unspecified atom stereocenters. The Morgan fingerprint density at radius 3 is 2.70 bits per heavy atom. The summed E-state index contributed by atoms with van der Waals surface area (Å²) < 4.78 is 7.47. The van der Waals surface area contributed by atoms with Crippen LogP contribution in [0.25, 0.3) is 5.52 Å². The van der Waals surface area contributed by atoms with Crippen LogP contribution in [-0.4, -0.2) is 55.1 Å². The number of ether oxygens (including phenoxy) is 1. The summed E-state index contributed by atoms with van der Waals surface area (Å²) in [5.41, 5.74) is 1.87. The van der Waals surface area contributed by atoms with Gasteiger partial charge in [-0.25, -0.2) is 0 Å². The first-order valence-electron chi connectivity index (χ1n) is 8.41. The first kappa shape index (κ1) is 14.6. The molecule has 1 amide bonds. The van der Waals surface area contributed by atoms with Crippen LogP contribution < -0.4 is 4.90 Å². The molecular weight excluding hydrogens is 290 g/mol. The summed E-state index contributed by atoms with van der Waals surface area (Å²) in [5.74, 6) is 2.09. The predicted octanol–water partition coefficient (Wildman–Crippen LogP) is 2.26. The van der Waals surface area contributed by atoms with E-state index in [1.807, 2.05) is 23.2 Å². The average molecular weight is 313 g/mol. The molecule has 0 N–H and O–H groups in total. The Kier molecular flexibility index (Phi) is 3.73. The van der Waals surface area contributed by atoms with Crippen molar-refractivity contribution in [1.29, 1.82) is 0 Å². The van der Waals surface area contributed by atoms with Crippen LogP contribution in [0.5, 0.6) is 0 Å². The van der Waals surface area contributed by atoms with Gasteiger partial charge in [0.15, 0.2) is 0 Å². The van der Waals surface area contributed by atoms with Gasteiger partial charge in [0.2, 0.25) is 0 Å². The summed E-state index contributed by atoms with van der Waals surface area (Å²) >= 11 is 0. The molecule has 1 aliphatic carbocycles. The van der Waals surface area contributed by atoms with Gasteiger partial charge in [0.1, 0.15) is 5.82 Å². The van der Waals surface area contributed by atoms with Crippen LogP contribution >= 0.6 is 0 Å². The van der Waals surface area contributed by atoms with Gasteiger partial charge in [-0.1, -0.05) is 0 Å². The molecule has 2 aromatic rings. The van der Waals surface area contributed by atoms with Gasteiger partial charge in [-0.15, -0.1) is 0 Å². The fourth-order valence-corrected chi connectivity index (χ4v) is 3.25. The highest BCUT2D eigenvalue weighted by Gasteiger charge is 2.24. The van der Waals surface area contributed by atoms with Crippen molar-refractivity contribution in [3.63, 3.8) is 0 Å². The number of nitrogens with zero attached hydrogens (tertiary/aromatic N) is 3. The average Bonchev–Trinajstić information content (AvgIpc) is 3.30. The van der Waals surface area contributed by atoms with E-state index in [0.717, 1.165) is 29.4 Å². The van der Waals surface area contributed by atoms with E-state index in [0.29, 0.717) is 26.3 Å². The third-order valence-corrected chi connectivity index (χ3v) is 4.80. The van der Waals surface area contributed by atoms with Crippen LogP contribution in [0.1, 0.15) is 23.2 Å². The van der Waals surface area contributed by atoms with Crippen molar-refractivity contribution in [2.24, 2.45) is 5.92 Å². The van der Waals surface area contributed by atoms with E-state index in [4.69, 9.17) is 4.74 Å². The molecule has 0 spiro atoms. The number of aromatic nitrogens is 1. The van der Waals surface area contributed by atoms with Crippen molar-refractivity contribution in [1.82, 2.24) is 9.30 Å². The Balaban J connectivity index is 1.61. The lowest BCUT2D eigenvalue weighted by atomic mass is 10.2. The van der Waals surface area contributed by atoms with Crippen molar-refractivity contribution in [2.45, 2.75) is 12.8 Å². The Bertz CT molecular complexity index is 714. The molecule has 1 aliphatic heterocycles. The lowest BCUT2D eigenvalue weighted by Gasteiger charge is -2.27. The normalized spacial score (nSPS) is 18.4. The van der Waals surface area contributed by atoms with E-state index in [-0.39, 0.29) is 5.91 Å². The first-order valence-corrected chi connectivity index (χ1v) is 8.41. The summed E-state index contributed by atoms with van der Waals surface area (Å²) in [4.78, 5) is 16.9. The number of morpholine rings is 1. The van der Waals surface area contributed by atoms with Gasteiger partial charge < -0.3 is 18.9 Å². The van der Waals surface area contributed by atoms with Gasteiger partial charge in [0, 0.05) is 38.4 Å². The summed E-state index contributed by atoms with van der Waals surface area (Å²) in [5, 5.41) is 0. The molecule has 0 bridgehead atoms. The number of carbonyl (C=O) groups is 1. The third kappa shape index (κ3) is 2.93. The maximum absolute atomic E-state index is 12.7. The molecule has 122 valence electrons. The smallest absolute Gasteiger partial charge is 0.255 e. The van der Waals surface area contributed by atoms with E-state index in [2.05, 4.69) is 28.5 Å². The highest BCUT2D eigenvalue weighted by Crippen LogP contribution is 2.31. The molecule has 1 saturated heterocycles. The van der Waals surface area contributed by atoms with Gasteiger partial charge in [0.25, 0.3) is 5.91 Å². The maximum atomic E-state index is 12.7. The molecule has 2 aromatic heterocycles. The van der Waals surface area contributed by atoms with Crippen molar-refractivity contribution in [2.75, 3.05) is 44.8 Å². The molecule has 0 aromatic carbocycles. The molecule has 4 rings (SSSR count). The Morgan fingerprint density at radius 2 is 1.96 bits per heavy atom. The second kappa shape index (κ2) is 5.89. The lowest BCUT2D eigenvalue weighted by Crippen LogP contribution is -2.40. The summed E-state index contributed by atoms with van der Waals surface area (Å²) in [6.45, 7) is 3.71. The maximum Gasteiger partial charge on any atom is 0.255 e. The zero-order valence-corrected chi connectivity index (χ0v) is 13.6. The summed E-state index contributed by atoms with van der Waals surface area (Å²) in [6, 6.07) is 8.21. The van der Waals surface area contributed by atoms with Gasteiger partial charge >= 0.3 is 0 Å². The number of rotatable bonds is 4. The highest BCUT2D eigenvalue weighted by molar-refractivity contribution is 5.94. The van der Waals surface area contributed by atoms with Crippen LogP contribution in [0.4, 0.5) is 5.82 Å². The fraction of sp³-hybridized carbons (Fsp3) is 0.500. The SMILES string of the molecule is CN(CC1CC1)c1ccc2ccc(C(=O)N3CCOCC3)cn12. The summed E-state index contributed by atoms with van der Waals surface area (Å²) in [6.07, 6.45) is 4.66. The minimum atomic E-state index is 0.0969. The van der Waals surface area contributed by atoms with Gasteiger partial charge in [-0.3, -0.25) is 4.79 Å². The van der Waals surface area contributed by atoms with Gasteiger partial charge in [0.05, 0.1) is 18.8 Å². The number of fused-ring (bicyclic) bond motifs is 1. The summed E-state index contributed by atoms with van der Waals surface area (Å²) in [7, 11) is 2.14.